The van der Waals surface area contributed by atoms with Gasteiger partial charge in [-0.25, -0.2) is 4.79 Å². The standard InChI is InChI=1S/C45H60N2O5/c1-27(2)32-17-22-45(40(52)46-26-28-9-8-10-30(25-28)38(49)47-31-13-11-29(12-14-31)39(50)51)24-23-43(6)33(37(32)45)15-16-35-42(5)20-19-36(48)41(3,4)34(42)18-21-44(35,43)7/h8-14,25,32-37,48H,1,15-24,26H2,2-7H3,(H,46,52)(H,47,49)(H,50,51)/t32-,33?,34?,35?,36?,37?,42?,43+,44?,45?/m0/s1. The summed E-state index contributed by atoms with van der Waals surface area (Å²) in [5.74, 6) is 1.05. The fourth-order valence-corrected chi connectivity index (χ4v) is 13.6. The first-order valence-electron chi connectivity index (χ1n) is 19.8. The molecule has 280 valence electrons. The van der Waals surface area contributed by atoms with Crippen molar-refractivity contribution in [3.05, 3.63) is 77.4 Å². The molecule has 0 aliphatic heterocycles. The molecule has 0 aromatic heterocycles. The number of carboxylic acids is 1. The van der Waals surface area contributed by atoms with Gasteiger partial charge in [0.2, 0.25) is 5.91 Å². The Morgan fingerprint density at radius 1 is 0.808 bits per heavy atom. The van der Waals surface area contributed by atoms with Crippen LogP contribution in [0, 0.1) is 56.7 Å². The average molecular weight is 709 g/mol. The zero-order valence-corrected chi connectivity index (χ0v) is 32.2. The molecule has 2 aromatic rings. The van der Waals surface area contributed by atoms with Gasteiger partial charge in [-0.2, -0.15) is 0 Å². The van der Waals surface area contributed by atoms with Crippen molar-refractivity contribution in [2.45, 2.75) is 118 Å². The molecular weight excluding hydrogens is 649 g/mol. The molecule has 0 heterocycles. The van der Waals surface area contributed by atoms with Crippen molar-refractivity contribution in [2.75, 3.05) is 5.32 Å². The lowest BCUT2D eigenvalue weighted by Gasteiger charge is -2.72. The van der Waals surface area contributed by atoms with Crippen LogP contribution in [0.5, 0.6) is 0 Å². The van der Waals surface area contributed by atoms with E-state index in [4.69, 9.17) is 0 Å². The third kappa shape index (κ3) is 5.50. The number of carbonyl (C=O) groups is 3. The van der Waals surface area contributed by atoms with E-state index in [9.17, 15) is 24.6 Å². The highest BCUT2D eigenvalue weighted by Crippen LogP contribution is 2.77. The zero-order chi connectivity index (χ0) is 37.4. The summed E-state index contributed by atoms with van der Waals surface area (Å²) in [6.07, 6.45) is 10.4. The minimum atomic E-state index is -1.02. The molecule has 5 aliphatic rings. The average Bonchev–Trinajstić information content (AvgIpc) is 3.51. The molecule has 5 saturated carbocycles. The number of anilines is 1. The third-order valence-corrected chi connectivity index (χ3v) is 16.5. The Labute approximate surface area is 310 Å². The van der Waals surface area contributed by atoms with Gasteiger partial charge in [-0.15, -0.1) is 0 Å². The minimum Gasteiger partial charge on any atom is -0.478 e. The Morgan fingerprint density at radius 2 is 1.54 bits per heavy atom. The van der Waals surface area contributed by atoms with Crippen molar-refractivity contribution in [3.63, 3.8) is 0 Å². The number of hydrogen-bond acceptors (Lipinski definition) is 4. The molecule has 2 amide bonds. The molecule has 5 fully saturated rings. The summed E-state index contributed by atoms with van der Waals surface area (Å²) >= 11 is 0. The van der Waals surface area contributed by atoms with Gasteiger partial charge in [0.15, 0.2) is 0 Å². The Bertz CT molecular complexity index is 1770. The number of fused-ring (bicyclic) bond motifs is 7. The molecule has 52 heavy (non-hydrogen) atoms. The Hall–Kier alpha value is -3.45. The highest BCUT2D eigenvalue weighted by molar-refractivity contribution is 6.04. The maximum atomic E-state index is 14.7. The number of aliphatic hydroxyl groups excluding tert-OH is 1. The SMILES string of the molecule is C=C(C)[C@@H]1CCC2(C(=O)NCc3cccc(C(=O)Nc4ccc(C(=O)O)cc4)c3)CC[C@]3(C)C(CCC4C5(C)CCC(O)C(C)(C)C5CCC43C)C12. The summed E-state index contributed by atoms with van der Waals surface area (Å²) in [4.78, 5) is 39.0. The molecule has 10 atom stereocenters. The monoisotopic (exact) mass is 708 g/mol. The minimum absolute atomic E-state index is 0.0680. The lowest BCUT2D eigenvalue weighted by atomic mass is 9.32. The summed E-state index contributed by atoms with van der Waals surface area (Å²) in [6, 6.07) is 13.4. The van der Waals surface area contributed by atoms with Gasteiger partial charge in [0.25, 0.3) is 5.91 Å². The molecule has 7 nitrogen and oxygen atoms in total. The van der Waals surface area contributed by atoms with Crippen molar-refractivity contribution in [2.24, 2.45) is 56.7 Å². The molecule has 8 unspecified atom stereocenters. The highest BCUT2D eigenvalue weighted by atomic mass is 16.4. The van der Waals surface area contributed by atoms with E-state index in [1.165, 1.54) is 37.0 Å². The summed E-state index contributed by atoms with van der Waals surface area (Å²) in [7, 11) is 0. The molecule has 7 rings (SSSR count). The lowest BCUT2D eigenvalue weighted by molar-refractivity contribution is -0.246. The first-order valence-corrected chi connectivity index (χ1v) is 19.8. The first-order chi connectivity index (χ1) is 24.5. The van der Waals surface area contributed by atoms with Gasteiger partial charge in [-0.1, -0.05) is 58.9 Å². The van der Waals surface area contributed by atoms with Crippen LogP contribution in [0.2, 0.25) is 0 Å². The smallest absolute Gasteiger partial charge is 0.335 e. The molecule has 4 N–H and O–H groups in total. The van der Waals surface area contributed by atoms with Crippen molar-refractivity contribution in [1.29, 1.82) is 0 Å². The van der Waals surface area contributed by atoms with Gasteiger partial charge < -0.3 is 20.8 Å². The van der Waals surface area contributed by atoms with E-state index >= 15 is 0 Å². The number of benzene rings is 2. The Kier molecular flexibility index (Phi) is 9.11. The second-order valence-electron chi connectivity index (χ2n) is 18.9. The summed E-state index contributed by atoms with van der Waals surface area (Å²) < 4.78 is 0. The second-order valence-corrected chi connectivity index (χ2v) is 18.9. The Morgan fingerprint density at radius 3 is 2.23 bits per heavy atom. The maximum Gasteiger partial charge on any atom is 0.335 e. The second kappa shape index (κ2) is 12.8. The largest absolute Gasteiger partial charge is 0.478 e. The van der Waals surface area contributed by atoms with Gasteiger partial charge in [-0.05, 0) is 164 Å². The van der Waals surface area contributed by atoms with E-state index in [2.05, 4.69) is 58.8 Å². The number of carbonyl (C=O) groups excluding carboxylic acids is 2. The maximum absolute atomic E-state index is 14.7. The number of rotatable bonds is 7. The van der Waals surface area contributed by atoms with Crippen LogP contribution < -0.4 is 10.6 Å². The van der Waals surface area contributed by atoms with Crippen molar-refractivity contribution in [3.8, 4) is 0 Å². The van der Waals surface area contributed by atoms with E-state index < -0.39 is 11.4 Å². The number of aromatic carboxylic acids is 1. The number of nitrogens with one attached hydrogen (secondary N) is 2. The van der Waals surface area contributed by atoms with E-state index in [1.54, 1.807) is 18.2 Å². The van der Waals surface area contributed by atoms with E-state index in [1.807, 2.05) is 18.2 Å². The van der Waals surface area contributed by atoms with Crippen LogP contribution in [0.3, 0.4) is 0 Å². The summed E-state index contributed by atoms with van der Waals surface area (Å²) in [5, 5.41) is 26.5. The van der Waals surface area contributed by atoms with Gasteiger partial charge in [0, 0.05) is 17.8 Å². The number of amides is 2. The predicted molar refractivity (Wildman–Crippen MR) is 205 cm³/mol. The number of carboxylic acid groups (broad SMARTS) is 1. The van der Waals surface area contributed by atoms with Gasteiger partial charge in [0.05, 0.1) is 17.1 Å². The molecule has 0 saturated heterocycles. The van der Waals surface area contributed by atoms with Crippen LogP contribution in [0.25, 0.3) is 0 Å². The molecule has 0 radical (unpaired) electrons. The highest BCUT2D eigenvalue weighted by Gasteiger charge is 2.71. The molecule has 5 aliphatic carbocycles. The summed E-state index contributed by atoms with van der Waals surface area (Å²) in [6.45, 7) is 19.5. The quantitative estimate of drug-likeness (QED) is 0.214. The first kappa shape index (κ1) is 36.9. The van der Waals surface area contributed by atoms with Crippen molar-refractivity contribution < 1.29 is 24.6 Å². The van der Waals surface area contributed by atoms with E-state index in [-0.39, 0.29) is 51.1 Å². The zero-order valence-electron chi connectivity index (χ0n) is 32.2. The Balaban J connectivity index is 1.10. The van der Waals surface area contributed by atoms with Crippen LogP contribution in [-0.2, 0) is 11.3 Å². The number of allylic oxidation sites excluding steroid dienone is 1. The van der Waals surface area contributed by atoms with Crippen LogP contribution in [-0.4, -0.2) is 34.1 Å². The fraction of sp³-hybridized carbons (Fsp3) is 0.622. The van der Waals surface area contributed by atoms with Crippen LogP contribution in [0.15, 0.2) is 60.7 Å². The third-order valence-electron chi connectivity index (χ3n) is 16.5. The van der Waals surface area contributed by atoms with E-state index in [0.717, 1.165) is 50.5 Å². The molecule has 7 heteroatoms. The molecule has 2 aromatic carbocycles. The van der Waals surface area contributed by atoms with Gasteiger partial charge >= 0.3 is 5.97 Å². The van der Waals surface area contributed by atoms with Gasteiger partial charge in [0.1, 0.15) is 0 Å². The van der Waals surface area contributed by atoms with Crippen LogP contribution >= 0.6 is 0 Å². The summed E-state index contributed by atoms with van der Waals surface area (Å²) in [5.41, 5.74) is 3.27. The molecule has 0 bridgehead atoms. The number of hydrogen-bond donors (Lipinski definition) is 4. The normalized spacial score (nSPS) is 38.8. The molecule has 0 spiro atoms. The predicted octanol–water partition coefficient (Wildman–Crippen LogP) is 9.27. The lowest BCUT2D eigenvalue weighted by Crippen LogP contribution is -2.67. The van der Waals surface area contributed by atoms with E-state index in [0.29, 0.717) is 41.5 Å². The topological polar surface area (TPSA) is 116 Å². The molecular formula is C45H60N2O5. The fourth-order valence-electron chi connectivity index (χ4n) is 13.6. The van der Waals surface area contributed by atoms with Crippen LogP contribution in [0.4, 0.5) is 5.69 Å². The van der Waals surface area contributed by atoms with Gasteiger partial charge in [-0.3, -0.25) is 9.59 Å². The van der Waals surface area contributed by atoms with Crippen LogP contribution in [0.1, 0.15) is 132 Å². The number of aliphatic hydroxyl groups is 1. The van der Waals surface area contributed by atoms with Crippen molar-refractivity contribution in [1.82, 2.24) is 5.32 Å². The van der Waals surface area contributed by atoms with Crippen molar-refractivity contribution >= 4 is 23.5 Å².